The monoisotopic (exact) mass is 287 g/mol. The van der Waals surface area contributed by atoms with E-state index >= 15 is 0 Å². The number of aryl methyl sites for hydroxylation is 1. The van der Waals surface area contributed by atoms with Crippen molar-refractivity contribution in [2.45, 2.75) is 64.5 Å². The van der Waals surface area contributed by atoms with Crippen LogP contribution in [0.5, 0.6) is 5.75 Å². The van der Waals surface area contributed by atoms with Gasteiger partial charge in [-0.05, 0) is 45.2 Å². The van der Waals surface area contributed by atoms with Crippen molar-refractivity contribution < 1.29 is 9.53 Å². The van der Waals surface area contributed by atoms with Gasteiger partial charge in [0.25, 0.3) is 0 Å². The summed E-state index contributed by atoms with van der Waals surface area (Å²) in [5.74, 6) is 1.36. The third-order valence-corrected chi connectivity index (χ3v) is 4.67. The van der Waals surface area contributed by atoms with Gasteiger partial charge in [0.2, 0.25) is 5.91 Å². The molecule has 0 spiro atoms. The summed E-state index contributed by atoms with van der Waals surface area (Å²) < 4.78 is 6.09. The van der Waals surface area contributed by atoms with Crippen molar-refractivity contribution in [2.75, 3.05) is 0 Å². The minimum atomic E-state index is -0.242. The molecule has 0 saturated heterocycles. The molecule has 1 saturated carbocycles. The van der Waals surface area contributed by atoms with Crippen LogP contribution in [0.3, 0.4) is 0 Å². The number of amides is 1. The highest BCUT2D eigenvalue weighted by molar-refractivity contribution is 5.79. The number of carbonyl (C=O) groups is 1. The van der Waals surface area contributed by atoms with Crippen LogP contribution in [0.2, 0.25) is 0 Å². The molecule has 0 unspecified atom stereocenters. The van der Waals surface area contributed by atoms with Crippen LogP contribution in [0, 0.1) is 12.8 Å². The lowest BCUT2D eigenvalue weighted by Gasteiger charge is -2.38. The number of ether oxygens (including phenoxy) is 1. The van der Waals surface area contributed by atoms with Gasteiger partial charge in [-0.15, -0.1) is 0 Å². The fraction of sp³-hybridized carbons (Fsp3) is 0.611. The zero-order chi connectivity index (χ0) is 15.0. The Morgan fingerprint density at radius 1 is 1.29 bits per heavy atom. The molecule has 1 aliphatic carbocycles. The second-order valence-corrected chi connectivity index (χ2v) is 7.15. The van der Waals surface area contributed by atoms with Gasteiger partial charge in [0.05, 0.1) is 6.04 Å². The third kappa shape index (κ3) is 3.07. The van der Waals surface area contributed by atoms with Crippen LogP contribution in [-0.2, 0) is 4.79 Å². The predicted octanol–water partition coefficient (Wildman–Crippen LogP) is 3.90. The van der Waals surface area contributed by atoms with Gasteiger partial charge in [-0.1, -0.05) is 25.0 Å². The normalized spacial score (nSPS) is 24.2. The maximum atomic E-state index is 12.4. The Morgan fingerprint density at radius 3 is 2.71 bits per heavy atom. The Kier molecular flexibility index (Phi) is 3.68. The topological polar surface area (TPSA) is 38.3 Å². The summed E-state index contributed by atoms with van der Waals surface area (Å²) in [6.07, 6.45) is 5.28. The number of nitrogens with one attached hydrogen (secondary N) is 1. The molecule has 1 N–H and O–H groups in total. The SMILES string of the molecule is Cc1ccc2c(c1)OC(C)(C)C[C@@H]2NC(=O)C1CCCC1. The van der Waals surface area contributed by atoms with E-state index in [-0.39, 0.29) is 23.5 Å². The second-order valence-electron chi connectivity index (χ2n) is 7.15. The number of benzene rings is 1. The minimum absolute atomic E-state index is 0.0671. The summed E-state index contributed by atoms with van der Waals surface area (Å²) in [6.45, 7) is 6.25. The summed E-state index contributed by atoms with van der Waals surface area (Å²) in [5.41, 5.74) is 2.06. The molecular formula is C18H25NO2. The Bertz CT molecular complexity index is 544. The molecule has 21 heavy (non-hydrogen) atoms. The first-order valence-electron chi connectivity index (χ1n) is 8.04. The van der Waals surface area contributed by atoms with Crippen LogP contribution in [-0.4, -0.2) is 11.5 Å². The molecule has 114 valence electrons. The van der Waals surface area contributed by atoms with Crippen LogP contribution in [0.4, 0.5) is 0 Å². The number of fused-ring (bicyclic) bond motifs is 1. The third-order valence-electron chi connectivity index (χ3n) is 4.67. The van der Waals surface area contributed by atoms with Gasteiger partial charge in [0.1, 0.15) is 11.4 Å². The van der Waals surface area contributed by atoms with Crippen LogP contribution in [0.25, 0.3) is 0 Å². The largest absolute Gasteiger partial charge is 0.487 e. The highest BCUT2D eigenvalue weighted by Gasteiger charge is 2.35. The molecule has 0 bridgehead atoms. The summed E-state index contributed by atoms with van der Waals surface area (Å²) in [7, 11) is 0. The highest BCUT2D eigenvalue weighted by Crippen LogP contribution is 2.40. The van der Waals surface area contributed by atoms with Crippen molar-refractivity contribution in [3.8, 4) is 5.75 Å². The molecule has 1 aliphatic heterocycles. The van der Waals surface area contributed by atoms with E-state index in [0.29, 0.717) is 0 Å². The number of carbonyl (C=O) groups excluding carboxylic acids is 1. The van der Waals surface area contributed by atoms with Crippen LogP contribution < -0.4 is 10.1 Å². The number of rotatable bonds is 2. The van der Waals surface area contributed by atoms with Crippen molar-refractivity contribution in [1.82, 2.24) is 5.32 Å². The lowest BCUT2D eigenvalue weighted by Crippen LogP contribution is -2.42. The Labute approximate surface area is 127 Å². The maximum Gasteiger partial charge on any atom is 0.223 e. The molecule has 1 amide bonds. The van der Waals surface area contributed by atoms with Crippen molar-refractivity contribution in [2.24, 2.45) is 5.92 Å². The van der Waals surface area contributed by atoms with Gasteiger partial charge in [-0.25, -0.2) is 0 Å². The van der Waals surface area contributed by atoms with Crippen molar-refractivity contribution in [3.05, 3.63) is 29.3 Å². The number of hydrogen-bond donors (Lipinski definition) is 1. The molecule has 0 radical (unpaired) electrons. The Morgan fingerprint density at radius 2 is 2.00 bits per heavy atom. The average molecular weight is 287 g/mol. The maximum absolute atomic E-state index is 12.4. The van der Waals surface area contributed by atoms with Crippen molar-refractivity contribution in [3.63, 3.8) is 0 Å². The minimum Gasteiger partial charge on any atom is -0.487 e. The van der Waals surface area contributed by atoms with E-state index in [0.717, 1.165) is 30.6 Å². The number of hydrogen-bond acceptors (Lipinski definition) is 2. The molecule has 3 rings (SSSR count). The van der Waals surface area contributed by atoms with Gasteiger partial charge in [-0.2, -0.15) is 0 Å². The van der Waals surface area contributed by atoms with Crippen molar-refractivity contribution >= 4 is 5.91 Å². The molecule has 2 aliphatic rings. The van der Waals surface area contributed by atoms with Gasteiger partial charge < -0.3 is 10.1 Å². The lowest BCUT2D eigenvalue weighted by atomic mass is 9.88. The quantitative estimate of drug-likeness (QED) is 0.895. The first-order chi connectivity index (χ1) is 9.94. The summed E-state index contributed by atoms with van der Waals surface area (Å²) >= 11 is 0. The first kappa shape index (κ1) is 14.4. The summed E-state index contributed by atoms with van der Waals surface area (Å²) in [6, 6.07) is 6.33. The lowest BCUT2D eigenvalue weighted by molar-refractivity contribution is -0.126. The van der Waals surface area contributed by atoms with Gasteiger partial charge in [0.15, 0.2) is 0 Å². The molecule has 1 aromatic rings. The molecule has 1 atom stereocenters. The molecule has 1 aromatic carbocycles. The van der Waals surface area contributed by atoms with Crippen molar-refractivity contribution in [1.29, 1.82) is 0 Å². The van der Waals surface area contributed by atoms with Crippen LogP contribution in [0.1, 0.15) is 63.1 Å². The highest BCUT2D eigenvalue weighted by atomic mass is 16.5. The average Bonchev–Trinajstić information content (AvgIpc) is 2.90. The zero-order valence-corrected chi connectivity index (χ0v) is 13.2. The van der Waals surface area contributed by atoms with Crippen LogP contribution in [0.15, 0.2) is 18.2 Å². The van der Waals surface area contributed by atoms with Crippen LogP contribution >= 0.6 is 0 Å². The van der Waals surface area contributed by atoms with E-state index in [9.17, 15) is 4.79 Å². The van der Waals surface area contributed by atoms with E-state index < -0.39 is 0 Å². The first-order valence-corrected chi connectivity index (χ1v) is 8.04. The van der Waals surface area contributed by atoms with E-state index in [1.54, 1.807) is 0 Å². The molecule has 1 heterocycles. The van der Waals surface area contributed by atoms with E-state index in [4.69, 9.17) is 4.74 Å². The standard InChI is InChI=1S/C18H25NO2/c1-12-8-9-14-15(11-18(2,3)21-16(14)10-12)19-17(20)13-6-4-5-7-13/h8-10,13,15H,4-7,11H2,1-3H3,(H,19,20)/t15-/m0/s1. The fourth-order valence-electron chi connectivity index (χ4n) is 3.57. The van der Waals surface area contributed by atoms with E-state index in [1.807, 2.05) is 0 Å². The molecule has 0 aromatic heterocycles. The summed E-state index contributed by atoms with van der Waals surface area (Å²) in [5, 5.41) is 3.27. The predicted molar refractivity (Wildman–Crippen MR) is 83.3 cm³/mol. The van der Waals surface area contributed by atoms with Gasteiger partial charge >= 0.3 is 0 Å². The van der Waals surface area contributed by atoms with E-state index in [2.05, 4.69) is 44.3 Å². The summed E-state index contributed by atoms with van der Waals surface area (Å²) in [4.78, 5) is 12.4. The fourth-order valence-corrected chi connectivity index (χ4v) is 3.57. The van der Waals surface area contributed by atoms with E-state index in [1.165, 1.54) is 18.4 Å². The van der Waals surface area contributed by atoms with Gasteiger partial charge in [-0.3, -0.25) is 4.79 Å². The van der Waals surface area contributed by atoms with Gasteiger partial charge in [0, 0.05) is 17.9 Å². The Balaban J connectivity index is 1.83. The zero-order valence-electron chi connectivity index (χ0n) is 13.2. The Hall–Kier alpha value is -1.51. The second kappa shape index (κ2) is 5.36. The molecule has 3 nitrogen and oxygen atoms in total. The molecule has 1 fully saturated rings. The molecule has 3 heteroatoms. The molecular weight excluding hydrogens is 262 g/mol. The smallest absolute Gasteiger partial charge is 0.223 e.